The first-order valence-electron chi connectivity index (χ1n) is 11.0. The minimum atomic E-state index is -4.38. The molecule has 2 atom stereocenters. The first-order chi connectivity index (χ1) is 16.3. The summed E-state index contributed by atoms with van der Waals surface area (Å²) in [5, 5.41) is 0. The van der Waals surface area contributed by atoms with Crippen LogP contribution < -0.4 is 0 Å². The molecule has 0 aromatic heterocycles. The van der Waals surface area contributed by atoms with Gasteiger partial charge in [-0.15, -0.1) is 0 Å². The molecule has 3 nitrogen and oxygen atoms in total. The molecule has 0 bridgehead atoms. The van der Waals surface area contributed by atoms with Crippen molar-refractivity contribution < 1.29 is 22.7 Å². The largest absolute Gasteiger partial charge is 0.464 e. The summed E-state index contributed by atoms with van der Waals surface area (Å²) in [6.07, 6.45) is -0.927. The number of esters is 1. The molecule has 0 unspecified atom stereocenters. The highest BCUT2D eigenvalue weighted by Crippen LogP contribution is 2.29. The second-order valence-electron chi connectivity index (χ2n) is 7.74. The maximum absolute atomic E-state index is 12.9. The third-order valence-corrected chi connectivity index (χ3v) is 5.22. The van der Waals surface area contributed by atoms with Gasteiger partial charge >= 0.3 is 12.1 Å². The molecule has 0 aliphatic carbocycles. The monoisotopic (exact) mass is 465 g/mol. The van der Waals surface area contributed by atoms with Crippen LogP contribution in [0.3, 0.4) is 0 Å². The van der Waals surface area contributed by atoms with E-state index in [0.29, 0.717) is 11.3 Å². The maximum atomic E-state index is 12.9. The van der Waals surface area contributed by atoms with Gasteiger partial charge in [0.1, 0.15) is 0 Å². The van der Waals surface area contributed by atoms with E-state index in [1.165, 1.54) is 12.1 Å². The molecule has 0 aliphatic rings. The van der Waals surface area contributed by atoms with Gasteiger partial charge in [-0.2, -0.15) is 13.2 Å². The summed E-state index contributed by atoms with van der Waals surface area (Å²) in [5.74, 6) is -0.833. The summed E-state index contributed by atoms with van der Waals surface area (Å²) in [6.45, 7) is 3.78. The molecule has 0 saturated heterocycles. The summed E-state index contributed by atoms with van der Waals surface area (Å²) in [5.41, 5.74) is 2.28. The molecular formula is C28H26F3NO2. The van der Waals surface area contributed by atoms with E-state index in [2.05, 4.69) is 0 Å². The average molecular weight is 466 g/mol. The van der Waals surface area contributed by atoms with E-state index in [1.54, 1.807) is 19.1 Å². The number of ether oxygens (including phenoxy) is 1. The van der Waals surface area contributed by atoms with Gasteiger partial charge in [0.05, 0.1) is 17.9 Å². The molecule has 0 spiro atoms. The molecular weight excluding hydrogens is 439 g/mol. The highest BCUT2D eigenvalue weighted by atomic mass is 19.4. The van der Waals surface area contributed by atoms with Gasteiger partial charge in [-0.05, 0) is 24.6 Å². The standard InChI is InChI=1S/C28H26F3NO2/c1-3-34-27(33)25(20(2)14-15-21-16-18-24(19-17-21)28(29,30)31)32-26(22-10-6-4-7-11-22)23-12-8-5-9-13-23/h4-20,25H,3H2,1-2H3/b15-14+/t20-,25-/m1/s1. The van der Waals surface area contributed by atoms with Gasteiger partial charge in [0, 0.05) is 17.0 Å². The summed E-state index contributed by atoms with van der Waals surface area (Å²) in [7, 11) is 0. The number of aliphatic imine (C=N–C) groups is 1. The minimum absolute atomic E-state index is 0.214. The van der Waals surface area contributed by atoms with Gasteiger partial charge < -0.3 is 4.74 Å². The molecule has 0 fully saturated rings. The topological polar surface area (TPSA) is 38.7 Å². The van der Waals surface area contributed by atoms with Crippen LogP contribution in [0.25, 0.3) is 6.08 Å². The van der Waals surface area contributed by atoms with Gasteiger partial charge in [0.25, 0.3) is 0 Å². The lowest BCUT2D eigenvalue weighted by Crippen LogP contribution is -2.29. The van der Waals surface area contributed by atoms with Crippen molar-refractivity contribution in [2.75, 3.05) is 6.61 Å². The van der Waals surface area contributed by atoms with E-state index in [0.717, 1.165) is 23.3 Å². The number of hydrogen-bond acceptors (Lipinski definition) is 3. The van der Waals surface area contributed by atoms with Crippen molar-refractivity contribution in [3.8, 4) is 0 Å². The normalized spacial score (nSPS) is 13.3. The van der Waals surface area contributed by atoms with Crippen molar-refractivity contribution >= 4 is 17.8 Å². The third-order valence-electron chi connectivity index (χ3n) is 5.22. The first-order valence-corrected chi connectivity index (χ1v) is 11.0. The zero-order chi connectivity index (χ0) is 24.6. The molecule has 0 aliphatic heterocycles. The zero-order valence-electron chi connectivity index (χ0n) is 19.0. The molecule has 6 heteroatoms. The Morgan fingerprint density at radius 2 is 1.44 bits per heavy atom. The molecule has 176 valence electrons. The Labute approximate surface area is 197 Å². The van der Waals surface area contributed by atoms with Crippen LogP contribution in [0.2, 0.25) is 0 Å². The number of carbonyl (C=O) groups excluding carboxylic acids is 1. The van der Waals surface area contributed by atoms with Gasteiger partial charge in [0.2, 0.25) is 0 Å². The van der Waals surface area contributed by atoms with Crippen molar-refractivity contribution in [2.24, 2.45) is 10.9 Å². The van der Waals surface area contributed by atoms with Crippen LogP contribution in [-0.4, -0.2) is 24.3 Å². The summed E-state index contributed by atoms with van der Waals surface area (Å²) in [4.78, 5) is 17.7. The van der Waals surface area contributed by atoms with E-state index >= 15 is 0 Å². The van der Waals surface area contributed by atoms with Crippen LogP contribution in [0.15, 0.2) is 96.0 Å². The maximum Gasteiger partial charge on any atom is 0.416 e. The van der Waals surface area contributed by atoms with E-state index in [4.69, 9.17) is 9.73 Å². The Morgan fingerprint density at radius 1 is 0.912 bits per heavy atom. The number of benzene rings is 3. The van der Waals surface area contributed by atoms with Crippen LogP contribution in [0, 0.1) is 5.92 Å². The fourth-order valence-corrected chi connectivity index (χ4v) is 3.41. The number of alkyl halides is 3. The summed E-state index contributed by atoms with van der Waals surface area (Å²) in [6, 6.07) is 23.2. The van der Waals surface area contributed by atoms with Gasteiger partial charge in [-0.25, -0.2) is 4.79 Å². The lowest BCUT2D eigenvalue weighted by atomic mass is 9.97. The van der Waals surface area contributed by atoms with Gasteiger partial charge in [-0.3, -0.25) is 4.99 Å². The quantitative estimate of drug-likeness (QED) is 0.270. The Balaban J connectivity index is 1.95. The lowest BCUT2D eigenvalue weighted by Gasteiger charge is -2.19. The molecule has 0 heterocycles. The fraction of sp³-hybridized carbons (Fsp3) is 0.214. The molecule has 34 heavy (non-hydrogen) atoms. The first kappa shape index (κ1) is 25.0. The fourth-order valence-electron chi connectivity index (χ4n) is 3.41. The van der Waals surface area contributed by atoms with E-state index < -0.39 is 23.8 Å². The number of hydrogen-bond donors (Lipinski definition) is 0. The highest BCUT2D eigenvalue weighted by Gasteiger charge is 2.30. The SMILES string of the molecule is CCOC(=O)[C@H](N=C(c1ccccc1)c1ccccc1)[C@H](C)/C=C/c1ccc(C(F)(F)F)cc1. The second kappa shape index (κ2) is 11.5. The molecule has 3 aromatic rings. The zero-order valence-corrected chi connectivity index (χ0v) is 19.0. The van der Waals surface area contributed by atoms with E-state index in [-0.39, 0.29) is 12.5 Å². The Hall–Kier alpha value is -3.67. The summed E-state index contributed by atoms with van der Waals surface area (Å²) >= 11 is 0. The average Bonchev–Trinajstić information content (AvgIpc) is 2.84. The number of rotatable bonds is 8. The Morgan fingerprint density at radius 3 is 1.91 bits per heavy atom. The molecule has 0 saturated carbocycles. The van der Waals surface area contributed by atoms with E-state index in [9.17, 15) is 18.0 Å². The number of carbonyl (C=O) groups is 1. The van der Waals surface area contributed by atoms with Crippen LogP contribution in [-0.2, 0) is 15.7 Å². The predicted octanol–water partition coefficient (Wildman–Crippen LogP) is 6.82. The van der Waals surface area contributed by atoms with Crippen LogP contribution in [0.4, 0.5) is 13.2 Å². The van der Waals surface area contributed by atoms with Crippen LogP contribution in [0.5, 0.6) is 0 Å². The molecule has 0 N–H and O–H groups in total. The number of halogens is 3. The predicted molar refractivity (Wildman–Crippen MR) is 129 cm³/mol. The van der Waals surface area contributed by atoms with Gasteiger partial charge in [-0.1, -0.05) is 91.9 Å². The van der Waals surface area contributed by atoms with Crippen molar-refractivity contribution in [2.45, 2.75) is 26.1 Å². The lowest BCUT2D eigenvalue weighted by molar-refractivity contribution is -0.145. The molecule has 3 rings (SSSR count). The highest BCUT2D eigenvalue weighted by molar-refractivity contribution is 6.13. The number of nitrogens with zero attached hydrogens (tertiary/aromatic N) is 1. The van der Waals surface area contributed by atoms with Crippen molar-refractivity contribution in [3.05, 3.63) is 113 Å². The third kappa shape index (κ3) is 6.67. The second-order valence-corrected chi connectivity index (χ2v) is 7.74. The van der Waals surface area contributed by atoms with Crippen LogP contribution in [0.1, 0.15) is 36.1 Å². The van der Waals surface area contributed by atoms with Crippen molar-refractivity contribution in [3.63, 3.8) is 0 Å². The van der Waals surface area contributed by atoms with Crippen molar-refractivity contribution in [1.82, 2.24) is 0 Å². The van der Waals surface area contributed by atoms with Gasteiger partial charge in [0.15, 0.2) is 6.04 Å². The minimum Gasteiger partial charge on any atom is -0.464 e. The smallest absolute Gasteiger partial charge is 0.416 e. The van der Waals surface area contributed by atoms with E-state index in [1.807, 2.05) is 67.6 Å². The van der Waals surface area contributed by atoms with Crippen molar-refractivity contribution in [1.29, 1.82) is 0 Å². The Kier molecular flexibility index (Phi) is 8.41. The molecule has 0 radical (unpaired) electrons. The molecule has 3 aromatic carbocycles. The van der Waals surface area contributed by atoms with Crippen LogP contribution >= 0.6 is 0 Å². The summed E-state index contributed by atoms with van der Waals surface area (Å²) < 4.78 is 43.8. The Bertz CT molecular complexity index is 1080. The molecule has 0 amide bonds.